The normalized spacial score (nSPS) is 12.2. The van der Waals surface area contributed by atoms with Crippen molar-refractivity contribution >= 4 is 11.6 Å². The average molecular weight is 373 g/mol. The Bertz CT molecular complexity index is 1170. The molecule has 0 aliphatic rings. The lowest BCUT2D eigenvalue weighted by atomic mass is 9.99. The summed E-state index contributed by atoms with van der Waals surface area (Å²) < 4.78 is 1.61. The average Bonchev–Trinajstić information content (AvgIpc) is 3.11. The molecule has 2 heterocycles. The van der Waals surface area contributed by atoms with Crippen LogP contribution in [0.15, 0.2) is 60.7 Å². The molecule has 4 rings (SSSR count). The van der Waals surface area contributed by atoms with Crippen LogP contribution < -0.4 is 0 Å². The minimum Gasteiger partial charge on any atom is -0.479 e. The number of fused-ring (bicyclic) bond motifs is 1. The van der Waals surface area contributed by atoms with Gasteiger partial charge in [-0.05, 0) is 13.8 Å². The second-order valence-electron chi connectivity index (χ2n) is 6.73. The van der Waals surface area contributed by atoms with Crippen molar-refractivity contribution in [1.82, 2.24) is 14.6 Å². The van der Waals surface area contributed by atoms with Gasteiger partial charge in [0.1, 0.15) is 0 Å². The van der Waals surface area contributed by atoms with E-state index in [1.807, 2.05) is 67.6 Å². The molecule has 2 aromatic carbocycles. The van der Waals surface area contributed by atoms with Crippen LogP contribution in [-0.4, -0.2) is 30.8 Å². The summed E-state index contributed by atoms with van der Waals surface area (Å²) in [6.07, 6.45) is -1.70. The number of aromatic nitrogens is 3. The number of hydrogen-bond acceptors (Lipinski definition) is 4. The maximum Gasteiger partial charge on any atom is 0.337 e. The number of aliphatic carboxylic acids is 1. The van der Waals surface area contributed by atoms with Crippen molar-refractivity contribution in [1.29, 1.82) is 0 Å². The summed E-state index contributed by atoms with van der Waals surface area (Å²) >= 11 is 0. The van der Waals surface area contributed by atoms with Gasteiger partial charge in [-0.15, -0.1) is 0 Å². The van der Waals surface area contributed by atoms with Gasteiger partial charge in [-0.1, -0.05) is 60.2 Å². The molecule has 4 aromatic rings. The first-order valence-corrected chi connectivity index (χ1v) is 8.89. The van der Waals surface area contributed by atoms with Gasteiger partial charge in [-0.3, -0.25) is 0 Å². The molecular formula is C22H19N3O3. The lowest BCUT2D eigenvalue weighted by Gasteiger charge is -2.16. The first kappa shape index (κ1) is 17.9. The summed E-state index contributed by atoms with van der Waals surface area (Å²) in [6, 6.07) is 19.2. The van der Waals surface area contributed by atoms with Crippen LogP contribution in [-0.2, 0) is 4.79 Å². The fourth-order valence-corrected chi connectivity index (χ4v) is 3.32. The van der Waals surface area contributed by atoms with Crippen molar-refractivity contribution in [2.75, 3.05) is 0 Å². The highest BCUT2D eigenvalue weighted by Gasteiger charge is 2.27. The number of carboxylic acids is 1. The topological polar surface area (TPSA) is 87.7 Å². The van der Waals surface area contributed by atoms with Crippen LogP contribution in [0.25, 0.3) is 28.2 Å². The third-order valence-electron chi connectivity index (χ3n) is 4.73. The lowest BCUT2D eigenvalue weighted by molar-refractivity contribution is -0.147. The largest absolute Gasteiger partial charge is 0.479 e. The molecule has 28 heavy (non-hydrogen) atoms. The Morgan fingerprint density at radius 1 is 1.00 bits per heavy atom. The predicted molar refractivity (Wildman–Crippen MR) is 106 cm³/mol. The van der Waals surface area contributed by atoms with Crippen molar-refractivity contribution in [3.05, 3.63) is 77.5 Å². The van der Waals surface area contributed by atoms with Crippen LogP contribution in [0.1, 0.15) is 22.9 Å². The molecule has 6 heteroatoms. The van der Waals surface area contributed by atoms with Crippen LogP contribution in [0, 0.1) is 13.8 Å². The van der Waals surface area contributed by atoms with Crippen LogP contribution in [0.4, 0.5) is 0 Å². The molecule has 0 aliphatic heterocycles. The number of aliphatic hydroxyl groups excluding tert-OH is 1. The first-order valence-electron chi connectivity index (χ1n) is 8.89. The van der Waals surface area contributed by atoms with E-state index in [0.717, 1.165) is 22.4 Å². The molecule has 140 valence electrons. The molecule has 1 unspecified atom stereocenters. The molecule has 2 N–H and O–H groups in total. The van der Waals surface area contributed by atoms with E-state index in [0.29, 0.717) is 17.0 Å². The highest BCUT2D eigenvalue weighted by atomic mass is 16.4. The van der Waals surface area contributed by atoms with E-state index in [-0.39, 0.29) is 5.56 Å². The molecule has 0 aliphatic carbocycles. The van der Waals surface area contributed by atoms with Gasteiger partial charge in [0.2, 0.25) is 0 Å². The zero-order valence-electron chi connectivity index (χ0n) is 15.5. The number of aliphatic hydroxyl groups is 1. The quantitative estimate of drug-likeness (QED) is 0.568. The molecular weight excluding hydrogens is 354 g/mol. The monoisotopic (exact) mass is 373 g/mol. The number of benzene rings is 2. The van der Waals surface area contributed by atoms with Gasteiger partial charge in [-0.2, -0.15) is 5.10 Å². The van der Waals surface area contributed by atoms with Crippen LogP contribution in [0.5, 0.6) is 0 Å². The van der Waals surface area contributed by atoms with Crippen molar-refractivity contribution in [2.45, 2.75) is 20.0 Å². The first-order chi connectivity index (χ1) is 13.5. The van der Waals surface area contributed by atoms with E-state index in [2.05, 4.69) is 10.1 Å². The summed E-state index contributed by atoms with van der Waals surface area (Å²) in [4.78, 5) is 16.1. The smallest absolute Gasteiger partial charge is 0.337 e. The molecule has 2 aromatic heterocycles. The molecule has 0 fully saturated rings. The third-order valence-corrected chi connectivity index (χ3v) is 4.73. The summed E-state index contributed by atoms with van der Waals surface area (Å²) in [5, 5.41) is 24.5. The Hall–Kier alpha value is -3.51. The molecule has 0 radical (unpaired) electrons. The maximum absolute atomic E-state index is 11.5. The Balaban J connectivity index is 2.05. The SMILES string of the molecule is Cc1ccc(-c2c(C(O)C(=O)O)c(C)nc3cc(-c4ccccc4)nn23)cc1. The molecule has 0 bridgehead atoms. The van der Waals surface area contributed by atoms with Gasteiger partial charge in [-0.25, -0.2) is 14.3 Å². The van der Waals surface area contributed by atoms with Gasteiger partial charge in [0.05, 0.1) is 11.4 Å². The fraction of sp³-hybridized carbons (Fsp3) is 0.136. The Morgan fingerprint density at radius 2 is 1.68 bits per heavy atom. The van der Waals surface area contributed by atoms with Gasteiger partial charge < -0.3 is 10.2 Å². The van der Waals surface area contributed by atoms with Crippen molar-refractivity contribution < 1.29 is 15.0 Å². The summed E-state index contributed by atoms with van der Waals surface area (Å²) in [5.74, 6) is -1.33. The second-order valence-corrected chi connectivity index (χ2v) is 6.73. The van der Waals surface area contributed by atoms with E-state index < -0.39 is 12.1 Å². The van der Waals surface area contributed by atoms with Gasteiger partial charge >= 0.3 is 5.97 Å². The van der Waals surface area contributed by atoms with Gasteiger partial charge in [0.15, 0.2) is 11.8 Å². The predicted octanol–water partition coefficient (Wildman–Crippen LogP) is 3.80. The third kappa shape index (κ3) is 3.04. The van der Waals surface area contributed by atoms with Crippen LogP contribution in [0.3, 0.4) is 0 Å². The molecule has 0 amide bonds. The number of aryl methyl sites for hydroxylation is 2. The number of nitrogens with zero attached hydrogens (tertiary/aromatic N) is 3. The van der Waals surface area contributed by atoms with E-state index in [1.54, 1.807) is 11.4 Å². The molecule has 0 saturated heterocycles. The summed E-state index contributed by atoms with van der Waals surface area (Å²) in [7, 11) is 0. The highest BCUT2D eigenvalue weighted by molar-refractivity contribution is 5.80. The molecule has 6 nitrogen and oxygen atoms in total. The van der Waals surface area contributed by atoms with E-state index in [1.165, 1.54) is 0 Å². The molecule has 1 atom stereocenters. The molecule has 0 saturated carbocycles. The Kier molecular flexibility index (Phi) is 4.41. The summed E-state index contributed by atoms with van der Waals surface area (Å²) in [6.45, 7) is 3.68. The number of carbonyl (C=O) groups is 1. The molecule has 0 spiro atoms. The summed E-state index contributed by atoms with van der Waals surface area (Å²) in [5.41, 5.74) is 5.32. The minimum atomic E-state index is -1.70. The van der Waals surface area contributed by atoms with Crippen LogP contribution in [0.2, 0.25) is 0 Å². The zero-order valence-corrected chi connectivity index (χ0v) is 15.5. The van der Waals surface area contributed by atoms with Crippen molar-refractivity contribution in [3.63, 3.8) is 0 Å². The number of hydrogen-bond donors (Lipinski definition) is 2. The zero-order chi connectivity index (χ0) is 19.8. The van der Waals surface area contributed by atoms with Gasteiger partial charge in [0.25, 0.3) is 0 Å². The number of carboxylic acid groups (broad SMARTS) is 1. The van der Waals surface area contributed by atoms with Crippen LogP contribution >= 0.6 is 0 Å². The maximum atomic E-state index is 11.5. The Morgan fingerprint density at radius 3 is 2.32 bits per heavy atom. The number of rotatable bonds is 4. The highest BCUT2D eigenvalue weighted by Crippen LogP contribution is 2.32. The van der Waals surface area contributed by atoms with Crippen molar-refractivity contribution in [2.24, 2.45) is 0 Å². The minimum absolute atomic E-state index is 0.242. The van der Waals surface area contributed by atoms with E-state index in [4.69, 9.17) is 0 Å². The van der Waals surface area contributed by atoms with E-state index in [9.17, 15) is 15.0 Å². The Labute approximate surface area is 161 Å². The second kappa shape index (κ2) is 6.90. The van der Waals surface area contributed by atoms with Crippen molar-refractivity contribution in [3.8, 4) is 22.5 Å². The lowest BCUT2D eigenvalue weighted by Crippen LogP contribution is -2.16. The van der Waals surface area contributed by atoms with Gasteiger partial charge in [0, 0.05) is 28.5 Å². The van der Waals surface area contributed by atoms with E-state index >= 15 is 0 Å². The standard InChI is InChI=1S/C22H19N3O3/c1-13-8-10-16(11-9-13)20-19(21(26)22(27)28)14(2)23-18-12-17(24-25(18)20)15-6-4-3-5-7-15/h3-12,21,26H,1-2H3,(H,27,28). The fourth-order valence-electron chi connectivity index (χ4n) is 3.32.